The summed E-state index contributed by atoms with van der Waals surface area (Å²) in [5.41, 5.74) is 5.45. The van der Waals surface area contributed by atoms with Gasteiger partial charge >= 0.3 is 5.97 Å². The van der Waals surface area contributed by atoms with Crippen molar-refractivity contribution in [1.29, 1.82) is 0 Å². The quantitative estimate of drug-likeness (QED) is 0.560. The SMILES string of the molecule is CCCCOC(=O)C(N)C(C)OC(C)(C)C. The number of rotatable bonds is 6. The molecule has 2 atom stereocenters. The smallest absolute Gasteiger partial charge is 0.325 e. The monoisotopic (exact) mass is 231 g/mol. The number of hydrogen-bond acceptors (Lipinski definition) is 4. The van der Waals surface area contributed by atoms with Gasteiger partial charge in [0, 0.05) is 0 Å². The predicted molar refractivity (Wildman–Crippen MR) is 64.1 cm³/mol. The molecule has 0 radical (unpaired) electrons. The van der Waals surface area contributed by atoms with Crippen molar-refractivity contribution in [2.24, 2.45) is 5.73 Å². The summed E-state index contributed by atoms with van der Waals surface area (Å²) in [4.78, 5) is 11.5. The van der Waals surface area contributed by atoms with Crippen LogP contribution < -0.4 is 5.73 Å². The largest absolute Gasteiger partial charge is 0.464 e. The van der Waals surface area contributed by atoms with Crippen LogP contribution in [0.3, 0.4) is 0 Å². The molecule has 0 saturated heterocycles. The first-order valence-electron chi connectivity index (χ1n) is 5.88. The summed E-state index contributed by atoms with van der Waals surface area (Å²) in [7, 11) is 0. The predicted octanol–water partition coefficient (Wildman–Crippen LogP) is 1.86. The fourth-order valence-corrected chi connectivity index (χ4v) is 1.24. The Hall–Kier alpha value is -0.610. The van der Waals surface area contributed by atoms with Crippen LogP contribution >= 0.6 is 0 Å². The average molecular weight is 231 g/mol. The maximum absolute atomic E-state index is 11.5. The minimum atomic E-state index is -0.712. The molecule has 0 fully saturated rings. The van der Waals surface area contributed by atoms with E-state index in [1.54, 1.807) is 6.92 Å². The standard InChI is InChI=1S/C12H25NO3/c1-6-7-8-15-11(14)10(13)9(2)16-12(3,4)5/h9-10H,6-8,13H2,1-5H3. The first-order chi connectivity index (χ1) is 7.28. The second kappa shape index (κ2) is 6.86. The van der Waals surface area contributed by atoms with Gasteiger partial charge in [0.15, 0.2) is 0 Å². The Labute approximate surface area is 98.5 Å². The van der Waals surface area contributed by atoms with E-state index in [-0.39, 0.29) is 17.7 Å². The lowest BCUT2D eigenvalue weighted by molar-refractivity contribution is -0.152. The van der Waals surface area contributed by atoms with Crippen molar-refractivity contribution < 1.29 is 14.3 Å². The normalized spacial score (nSPS) is 15.6. The van der Waals surface area contributed by atoms with E-state index in [9.17, 15) is 4.79 Å². The number of carbonyl (C=O) groups is 1. The molecule has 4 heteroatoms. The molecule has 0 saturated carbocycles. The van der Waals surface area contributed by atoms with Gasteiger partial charge in [-0.05, 0) is 34.1 Å². The third-order valence-corrected chi connectivity index (χ3v) is 2.06. The van der Waals surface area contributed by atoms with Crippen LogP contribution in [0.25, 0.3) is 0 Å². The number of hydrogen-bond donors (Lipinski definition) is 1. The van der Waals surface area contributed by atoms with Crippen LogP contribution in [0.5, 0.6) is 0 Å². The number of unbranched alkanes of at least 4 members (excludes halogenated alkanes) is 1. The molecule has 16 heavy (non-hydrogen) atoms. The Morgan fingerprint density at radius 1 is 1.38 bits per heavy atom. The summed E-state index contributed by atoms with van der Waals surface area (Å²) in [6.45, 7) is 10.1. The minimum absolute atomic E-state index is 0.305. The fraction of sp³-hybridized carbons (Fsp3) is 0.917. The molecule has 0 aliphatic carbocycles. The minimum Gasteiger partial charge on any atom is -0.464 e. The lowest BCUT2D eigenvalue weighted by Crippen LogP contribution is -2.45. The van der Waals surface area contributed by atoms with E-state index in [4.69, 9.17) is 15.2 Å². The molecule has 2 unspecified atom stereocenters. The Morgan fingerprint density at radius 3 is 2.38 bits per heavy atom. The number of esters is 1. The molecule has 0 aliphatic heterocycles. The maximum Gasteiger partial charge on any atom is 0.325 e. The van der Waals surface area contributed by atoms with Gasteiger partial charge in [-0.2, -0.15) is 0 Å². The Bertz CT molecular complexity index is 211. The van der Waals surface area contributed by atoms with Crippen molar-refractivity contribution >= 4 is 5.97 Å². The zero-order chi connectivity index (χ0) is 12.8. The van der Waals surface area contributed by atoms with Crippen LogP contribution in [0, 0.1) is 0 Å². The van der Waals surface area contributed by atoms with E-state index in [0.29, 0.717) is 6.61 Å². The van der Waals surface area contributed by atoms with Crippen molar-refractivity contribution in [2.45, 2.75) is 65.2 Å². The molecule has 0 amide bonds. The third-order valence-electron chi connectivity index (χ3n) is 2.06. The molecule has 0 bridgehead atoms. The number of nitrogens with two attached hydrogens (primary N) is 1. The highest BCUT2D eigenvalue weighted by Crippen LogP contribution is 2.12. The highest BCUT2D eigenvalue weighted by Gasteiger charge is 2.26. The van der Waals surface area contributed by atoms with E-state index in [0.717, 1.165) is 12.8 Å². The van der Waals surface area contributed by atoms with Gasteiger partial charge in [0.25, 0.3) is 0 Å². The number of ether oxygens (including phenoxy) is 2. The van der Waals surface area contributed by atoms with Gasteiger partial charge in [-0.25, -0.2) is 0 Å². The van der Waals surface area contributed by atoms with Crippen molar-refractivity contribution in [2.75, 3.05) is 6.61 Å². The lowest BCUT2D eigenvalue weighted by atomic mass is 10.1. The molecule has 2 N–H and O–H groups in total. The van der Waals surface area contributed by atoms with Crippen LogP contribution in [0.4, 0.5) is 0 Å². The van der Waals surface area contributed by atoms with E-state index >= 15 is 0 Å². The van der Waals surface area contributed by atoms with Crippen molar-refractivity contribution in [3.05, 3.63) is 0 Å². The molecule has 0 aliphatic rings. The fourth-order valence-electron chi connectivity index (χ4n) is 1.24. The molecule has 0 spiro atoms. The summed E-state index contributed by atoms with van der Waals surface area (Å²) >= 11 is 0. The second-order valence-corrected chi connectivity index (χ2v) is 4.98. The van der Waals surface area contributed by atoms with Gasteiger partial charge < -0.3 is 15.2 Å². The summed E-state index contributed by atoms with van der Waals surface area (Å²) < 4.78 is 10.6. The van der Waals surface area contributed by atoms with Crippen molar-refractivity contribution in [1.82, 2.24) is 0 Å². The Balaban J connectivity index is 4.01. The highest BCUT2D eigenvalue weighted by molar-refractivity contribution is 5.76. The molecule has 0 aromatic heterocycles. The second-order valence-electron chi connectivity index (χ2n) is 4.98. The van der Waals surface area contributed by atoms with Crippen LogP contribution in [-0.2, 0) is 14.3 Å². The molecule has 4 nitrogen and oxygen atoms in total. The van der Waals surface area contributed by atoms with Crippen LogP contribution in [0.2, 0.25) is 0 Å². The molecular formula is C12H25NO3. The van der Waals surface area contributed by atoms with Gasteiger partial charge in [0.2, 0.25) is 0 Å². The van der Waals surface area contributed by atoms with Gasteiger partial charge in [-0.1, -0.05) is 13.3 Å². The van der Waals surface area contributed by atoms with Gasteiger partial charge in [-0.3, -0.25) is 4.79 Å². The summed E-state index contributed by atoms with van der Waals surface area (Å²) in [5.74, 6) is -0.384. The van der Waals surface area contributed by atoms with Crippen LogP contribution in [-0.4, -0.2) is 30.3 Å². The van der Waals surface area contributed by atoms with Crippen molar-refractivity contribution in [3.63, 3.8) is 0 Å². The van der Waals surface area contributed by atoms with Crippen LogP contribution in [0.15, 0.2) is 0 Å². The zero-order valence-electron chi connectivity index (χ0n) is 11.1. The zero-order valence-corrected chi connectivity index (χ0v) is 11.1. The van der Waals surface area contributed by atoms with Crippen LogP contribution in [0.1, 0.15) is 47.5 Å². The van der Waals surface area contributed by atoms with E-state index in [1.165, 1.54) is 0 Å². The average Bonchev–Trinajstić information content (AvgIpc) is 2.14. The highest BCUT2D eigenvalue weighted by atomic mass is 16.5. The topological polar surface area (TPSA) is 61.5 Å². The van der Waals surface area contributed by atoms with Crippen molar-refractivity contribution in [3.8, 4) is 0 Å². The van der Waals surface area contributed by atoms with Gasteiger partial charge in [-0.15, -0.1) is 0 Å². The molecular weight excluding hydrogens is 206 g/mol. The Morgan fingerprint density at radius 2 is 1.94 bits per heavy atom. The van der Waals surface area contributed by atoms with E-state index < -0.39 is 6.04 Å². The maximum atomic E-state index is 11.5. The van der Waals surface area contributed by atoms with E-state index in [2.05, 4.69) is 0 Å². The van der Waals surface area contributed by atoms with E-state index in [1.807, 2.05) is 27.7 Å². The lowest BCUT2D eigenvalue weighted by Gasteiger charge is -2.27. The Kier molecular flexibility index (Phi) is 6.60. The molecule has 0 aromatic carbocycles. The summed E-state index contributed by atoms with van der Waals surface area (Å²) in [5, 5.41) is 0. The van der Waals surface area contributed by atoms with Gasteiger partial charge in [0.1, 0.15) is 6.04 Å². The molecule has 0 aromatic rings. The summed E-state index contributed by atoms with van der Waals surface area (Å²) in [6, 6.07) is -0.712. The first kappa shape index (κ1) is 15.4. The van der Waals surface area contributed by atoms with Gasteiger partial charge in [0.05, 0.1) is 18.3 Å². The first-order valence-corrected chi connectivity index (χ1v) is 5.88. The third kappa shape index (κ3) is 6.80. The molecule has 96 valence electrons. The summed E-state index contributed by atoms with van der Waals surface area (Å²) in [6.07, 6.45) is 1.53. The molecule has 0 heterocycles. The number of carbonyl (C=O) groups excluding carboxylic acids is 1. The molecule has 0 rings (SSSR count).